The lowest BCUT2D eigenvalue weighted by molar-refractivity contribution is 0.648. The van der Waals surface area contributed by atoms with Crippen LogP contribution in [0.5, 0.6) is 0 Å². The fraction of sp³-hybridized carbons (Fsp3) is 0.312. The molecule has 0 unspecified atom stereocenters. The number of aromatic nitrogens is 1. The van der Waals surface area contributed by atoms with Gasteiger partial charge in [-0.15, -0.1) is 0 Å². The molecule has 0 bridgehead atoms. The SMILES string of the molecule is Cc1cnc(N2CCN(c3ccc(Cl)cc3)CC2)c(N)c1. The van der Waals surface area contributed by atoms with E-state index in [1.54, 1.807) is 0 Å². The number of anilines is 3. The lowest BCUT2D eigenvalue weighted by Gasteiger charge is -2.37. The van der Waals surface area contributed by atoms with Gasteiger partial charge in [-0.1, -0.05) is 11.6 Å². The predicted octanol–water partition coefficient (Wildman–Crippen LogP) is 2.95. The normalized spacial score (nSPS) is 15.3. The molecule has 2 N–H and O–H groups in total. The first-order chi connectivity index (χ1) is 10.1. The van der Waals surface area contributed by atoms with Gasteiger partial charge in [0.05, 0.1) is 5.69 Å². The van der Waals surface area contributed by atoms with Crippen molar-refractivity contribution in [2.45, 2.75) is 6.92 Å². The smallest absolute Gasteiger partial charge is 0.151 e. The van der Waals surface area contributed by atoms with E-state index in [9.17, 15) is 0 Å². The monoisotopic (exact) mass is 302 g/mol. The van der Waals surface area contributed by atoms with Crippen molar-refractivity contribution in [2.75, 3.05) is 41.7 Å². The number of hydrogen-bond donors (Lipinski definition) is 1. The Morgan fingerprint density at radius 1 is 1.05 bits per heavy atom. The highest BCUT2D eigenvalue weighted by Gasteiger charge is 2.19. The second kappa shape index (κ2) is 5.82. The molecule has 0 atom stereocenters. The first-order valence-corrected chi connectivity index (χ1v) is 7.49. The van der Waals surface area contributed by atoms with Crippen LogP contribution in [0.2, 0.25) is 5.02 Å². The van der Waals surface area contributed by atoms with Gasteiger partial charge in [0.2, 0.25) is 0 Å². The van der Waals surface area contributed by atoms with Crippen molar-refractivity contribution in [2.24, 2.45) is 0 Å². The van der Waals surface area contributed by atoms with Gasteiger partial charge in [0, 0.05) is 43.1 Å². The second-order valence-corrected chi connectivity index (χ2v) is 5.81. The third kappa shape index (κ3) is 3.05. The largest absolute Gasteiger partial charge is 0.396 e. The first kappa shape index (κ1) is 14.0. The number of pyridine rings is 1. The summed E-state index contributed by atoms with van der Waals surface area (Å²) in [7, 11) is 0. The molecule has 2 aromatic rings. The van der Waals surface area contributed by atoms with E-state index in [0.717, 1.165) is 48.3 Å². The average molecular weight is 303 g/mol. The van der Waals surface area contributed by atoms with Crippen LogP contribution in [0.25, 0.3) is 0 Å². The molecule has 0 saturated carbocycles. The molecular weight excluding hydrogens is 284 g/mol. The Bertz CT molecular complexity index is 619. The van der Waals surface area contributed by atoms with Crippen LogP contribution in [-0.2, 0) is 0 Å². The fourth-order valence-electron chi connectivity index (χ4n) is 2.68. The molecule has 1 aromatic heterocycles. The summed E-state index contributed by atoms with van der Waals surface area (Å²) in [6, 6.07) is 9.98. The Labute approximate surface area is 130 Å². The fourth-order valence-corrected chi connectivity index (χ4v) is 2.80. The number of aryl methyl sites for hydroxylation is 1. The van der Waals surface area contributed by atoms with Gasteiger partial charge in [0.15, 0.2) is 5.82 Å². The Balaban J connectivity index is 1.68. The van der Waals surface area contributed by atoms with Gasteiger partial charge < -0.3 is 15.5 Å². The quantitative estimate of drug-likeness (QED) is 0.926. The minimum atomic E-state index is 0.759. The van der Waals surface area contributed by atoms with Crippen molar-refractivity contribution in [3.8, 4) is 0 Å². The van der Waals surface area contributed by atoms with Crippen LogP contribution in [0, 0.1) is 6.92 Å². The van der Waals surface area contributed by atoms with Crippen LogP contribution < -0.4 is 15.5 Å². The molecule has 1 aromatic carbocycles. The maximum atomic E-state index is 6.08. The van der Waals surface area contributed by atoms with Gasteiger partial charge >= 0.3 is 0 Å². The molecule has 1 aliphatic rings. The molecule has 1 saturated heterocycles. The molecule has 1 fully saturated rings. The number of rotatable bonds is 2. The van der Waals surface area contributed by atoms with E-state index in [1.165, 1.54) is 5.69 Å². The van der Waals surface area contributed by atoms with Crippen LogP contribution in [0.4, 0.5) is 17.2 Å². The number of hydrogen-bond acceptors (Lipinski definition) is 4. The van der Waals surface area contributed by atoms with E-state index in [2.05, 4.69) is 26.9 Å². The molecule has 110 valence electrons. The van der Waals surface area contributed by atoms with Crippen LogP contribution in [-0.4, -0.2) is 31.2 Å². The van der Waals surface area contributed by atoms with E-state index >= 15 is 0 Å². The first-order valence-electron chi connectivity index (χ1n) is 7.11. The topological polar surface area (TPSA) is 45.4 Å². The Hall–Kier alpha value is -1.94. The summed E-state index contributed by atoms with van der Waals surface area (Å²) in [5.41, 5.74) is 9.15. The summed E-state index contributed by atoms with van der Waals surface area (Å²) in [6.07, 6.45) is 1.87. The van der Waals surface area contributed by atoms with Crippen LogP contribution in [0.3, 0.4) is 0 Å². The van der Waals surface area contributed by atoms with Crippen molar-refractivity contribution < 1.29 is 0 Å². The van der Waals surface area contributed by atoms with E-state index < -0.39 is 0 Å². The number of nitrogens with zero attached hydrogens (tertiary/aromatic N) is 3. The summed E-state index contributed by atoms with van der Waals surface area (Å²) < 4.78 is 0. The summed E-state index contributed by atoms with van der Waals surface area (Å²) in [4.78, 5) is 9.09. The minimum Gasteiger partial charge on any atom is -0.396 e. The number of nitrogen functional groups attached to an aromatic ring is 1. The highest BCUT2D eigenvalue weighted by atomic mass is 35.5. The van der Waals surface area contributed by atoms with Crippen molar-refractivity contribution in [1.82, 2.24) is 4.98 Å². The molecule has 1 aliphatic heterocycles. The van der Waals surface area contributed by atoms with Crippen molar-refractivity contribution >= 4 is 28.8 Å². The zero-order chi connectivity index (χ0) is 14.8. The molecule has 0 radical (unpaired) electrons. The molecule has 2 heterocycles. The van der Waals surface area contributed by atoms with Gasteiger partial charge in [0.25, 0.3) is 0 Å². The van der Waals surface area contributed by atoms with E-state index in [4.69, 9.17) is 17.3 Å². The molecule has 4 nitrogen and oxygen atoms in total. The highest BCUT2D eigenvalue weighted by Crippen LogP contribution is 2.24. The Morgan fingerprint density at radius 3 is 2.29 bits per heavy atom. The lowest BCUT2D eigenvalue weighted by Crippen LogP contribution is -2.47. The number of benzene rings is 1. The van der Waals surface area contributed by atoms with Gasteiger partial charge in [-0.2, -0.15) is 0 Å². The molecule has 21 heavy (non-hydrogen) atoms. The summed E-state index contributed by atoms with van der Waals surface area (Å²) in [6.45, 7) is 5.75. The lowest BCUT2D eigenvalue weighted by atomic mass is 10.2. The van der Waals surface area contributed by atoms with Crippen molar-refractivity contribution in [1.29, 1.82) is 0 Å². The third-order valence-corrected chi connectivity index (χ3v) is 4.05. The summed E-state index contributed by atoms with van der Waals surface area (Å²) >= 11 is 5.94. The summed E-state index contributed by atoms with van der Waals surface area (Å²) in [5, 5.41) is 0.772. The molecule has 0 spiro atoms. The Kier molecular flexibility index (Phi) is 3.88. The zero-order valence-corrected chi connectivity index (χ0v) is 12.8. The van der Waals surface area contributed by atoms with E-state index in [1.807, 2.05) is 31.3 Å². The molecular formula is C16H19ClN4. The van der Waals surface area contributed by atoms with Crippen LogP contribution in [0.1, 0.15) is 5.56 Å². The van der Waals surface area contributed by atoms with E-state index in [0.29, 0.717) is 0 Å². The Morgan fingerprint density at radius 2 is 1.67 bits per heavy atom. The van der Waals surface area contributed by atoms with Gasteiger partial charge in [-0.05, 0) is 42.8 Å². The zero-order valence-electron chi connectivity index (χ0n) is 12.1. The number of nitrogens with two attached hydrogens (primary N) is 1. The summed E-state index contributed by atoms with van der Waals surface area (Å²) in [5.74, 6) is 0.899. The average Bonchev–Trinajstić information content (AvgIpc) is 2.48. The van der Waals surface area contributed by atoms with Crippen LogP contribution >= 0.6 is 11.6 Å². The number of piperazine rings is 1. The molecule has 0 aliphatic carbocycles. The predicted molar refractivity (Wildman–Crippen MR) is 89.3 cm³/mol. The molecule has 0 amide bonds. The molecule has 5 heteroatoms. The second-order valence-electron chi connectivity index (χ2n) is 5.38. The third-order valence-electron chi connectivity index (χ3n) is 3.80. The van der Waals surface area contributed by atoms with Gasteiger partial charge in [-0.25, -0.2) is 4.98 Å². The maximum Gasteiger partial charge on any atom is 0.151 e. The molecule has 3 rings (SSSR count). The van der Waals surface area contributed by atoms with Crippen molar-refractivity contribution in [3.05, 3.63) is 47.1 Å². The maximum absolute atomic E-state index is 6.08. The van der Waals surface area contributed by atoms with Gasteiger partial charge in [-0.3, -0.25) is 0 Å². The van der Waals surface area contributed by atoms with Gasteiger partial charge in [0.1, 0.15) is 0 Å². The minimum absolute atomic E-state index is 0.759. The number of halogens is 1. The van der Waals surface area contributed by atoms with E-state index in [-0.39, 0.29) is 0 Å². The van der Waals surface area contributed by atoms with Crippen LogP contribution in [0.15, 0.2) is 36.5 Å². The highest BCUT2D eigenvalue weighted by molar-refractivity contribution is 6.30. The van der Waals surface area contributed by atoms with Crippen molar-refractivity contribution in [3.63, 3.8) is 0 Å². The standard InChI is InChI=1S/C16H19ClN4/c1-12-10-15(18)16(19-11-12)21-8-6-20(7-9-21)14-4-2-13(17)3-5-14/h2-5,10-11H,6-9,18H2,1H3.